The number of aliphatic hydroxyl groups excluding tert-OH is 2. The summed E-state index contributed by atoms with van der Waals surface area (Å²) in [6.07, 6.45) is 7.71. The van der Waals surface area contributed by atoms with Crippen LogP contribution >= 0.6 is 0 Å². The molecule has 0 spiro atoms. The third kappa shape index (κ3) is 2.86. The number of fused-ring (bicyclic) bond motifs is 5. The van der Waals surface area contributed by atoms with Gasteiger partial charge in [0.25, 0.3) is 0 Å². The zero-order chi connectivity index (χ0) is 22.8. The zero-order valence-electron chi connectivity index (χ0n) is 18.7. The van der Waals surface area contributed by atoms with E-state index in [9.17, 15) is 24.6 Å². The Morgan fingerprint density at radius 1 is 1.10 bits per heavy atom. The summed E-state index contributed by atoms with van der Waals surface area (Å²) in [6.45, 7) is 5.81. The second-order valence-corrected chi connectivity index (χ2v) is 10.7. The number of rotatable bonds is 5. The first-order valence-electron chi connectivity index (χ1n) is 11.6. The monoisotopic (exact) mass is 430 g/mol. The molecule has 3 saturated carbocycles. The fourth-order valence-corrected chi connectivity index (χ4v) is 8.20. The molecule has 170 valence electrons. The molecule has 0 aromatic carbocycles. The first kappa shape index (κ1) is 22.1. The third-order valence-electron chi connectivity index (χ3n) is 9.87. The van der Waals surface area contributed by atoms with Crippen molar-refractivity contribution in [2.24, 2.45) is 34.0 Å². The lowest BCUT2D eigenvalue weighted by molar-refractivity contribution is -0.147. The molecular weight excluding hydrogens is 396 g/mol. The van der Waals surface area contributed by atoms with E-state index >= 15 is 0 Å². The van der Waals surface area contributed by atoms with E-state index in [2.05, 4.69) is 6.92 Å². The maximum atomic E-state index is 13.1. The summed E-state index contributed by atoms with van der Waals surface area (Å²) in [5, 5.41) is 29.3. The number of aliphatic hydroxyl groups is 2. The fraction of sp³-hybridized carbons (Fsp3) is 0.720. The Balaban J connectivity index is 1.67. The van der Waals surface area contributed by atoms with Crippen LogP contribution in [0.5, 0.6) is 0 Å². The minimum Gasteiger partial charge on any atom is -0.504 e. The second-order valence-electron chi connectivity index (χ2n) is 10.7. The molecule has 3 N–H and O–H groups in total. The third-order valence-corrected chi connectivity index (χ3v) is 9.87. The summed E-state index contributed by atoms with van der Waals surface area (Å²) in [5.41, 5.74) is -0.583. The van der Waals surface area contributed by atoms with Crippen molar-refractivity contribution in [1.82, 2.24) is 0 Å². The topological polar surface area (TPSA) is 112 Å². The van der Waals surface area contributed by atoms with Gasteiger partial charge in [-0.1, -0.05) is 12.5 Å². The Bertz CT molecular complexity index is 900. The normalized spacial score (nSPS) is 41.8. The predicted molar refractivity (Wildman–Crippen MR) is 114 cm³/mol. The first-order valence-corrected chi connectivity index (χ1v) is 11.6. The first-order chi connectivity index (χ1) is 14.5. The number of hydrogen-bond donors (Lipinski definition) is 3. The highest BCUT2D eigenvalue weighted by atomic mass is 16.4. The predicted octanol–water partition coefficient (Wildman–Crippen LogP) is 4.90. The molecule has 4 rings (SSSR count). The summed E-state index contributed by atoms with van der Waals surface area (Å²) >= 11 is 0. The Morgan fingerprint density at radius 3 is 2.42 bits per heavy atom. The van der Waals surface area contributed by atoms with Crippen LogP contribution in [0.15, 0.2) is 23.2 Å². The highest BCUT2D eigenvalue weighted by molar-refractivity contribution is 6.02. The van der Waals surface area contributed by atoms with E-state index in [0.717, 1.165) is 37.7 Å². The lowest BCUT2D eigenvalue weighted by atomic mass is 9.44. The van der Waals surface area contributed by atoms with Gasteiger partial charge in [-0.3, -0.25) is 14.4 Å². The number of aliphatic carboxylic acids is 1. The van der Waals surface area contributed by atoms with Crippen LogP contribution in [-0.4, -0.2) is 32.9 Å². The van der Waals surface area contributed by atoms with Crippen molar-refractivity contribution in [3.63, 3.8) is 0 Å². The molecule has 31 heavy (non-hydrogen) atoms. The van der Waals surface area contributed by atoms with Crippen LogP contribution in [0.2, 0.25) is 0 Å². The van der Waals surface area contributed by atoms with Gasteiger partial charge in [0, 0.05) is 11.8 Å². The average molecular weight is 431 g/mol. The van der Waals surface area contributed by atoms with Crippen molar-refractivity contribution in [1.29, 1.82) is 0 Å². The summed E-state index contributed by atoms with van der Waals surface area (Å²) in [5.74, 6) is -1.23. The highest BCUT2D eigenvalue weighted by Crippen LogP contribution is 2.70. The molecule has 4 aliphatic rings. The lowest BCUT2D eigenvalue weighted by Crippen LogP contribution is -2.56. The van der Waals surface area contributed by atoms with Crippen molar-refractivity contribution in [2.45, 2.75) is 78.6 Å². The molecule has 0 aliphatic heterocycles. The largest absolute Gasteiger partial charge is 0.504 e. The minimum absolute atomic E-state index is 0.0788. The molecule has 0 bridgehead atoms. The molecule has 0 unspecified atom stereocenters. The van der Waals surface area contributed by atoms with Crippen LogP contribution in [0.3, 0.4) is 0 Å². The van der Waals surface area contributed by atoms with Gasteiger partial charge >= 0.3 is 5.97 Å². The van der Waals surface area contributed by atoms with Gasteiger partial charge in [-0.2, -0.15) is 0 Å². The second kappa shape index (κ2) is 7.21. The number of hydrogen-bond acceptors (Lipinski definition) is 5. The maximum Gasteiger partial charge on any atom is 0.303 e. The van der Waals surface area contributed by atoms with Gasteiger partial charge in [-0.05, 0) is 94.5 Å². The summed E-state index contributed by atoms with van der Waals surface area (Å²) < 4.78 is 0. The van der Waals surface area contributed by atoms with Crippen molar-refractivity contribution in [3.8, 4) is 0 Å². The quantitative estimate of drug-likeness (QED) is 0.572. The van der Waals surface area contributed by atoms with E-state index in [4.69, 9.17) is 5.11 Å². The summed E-state index contributed by atoms with van der Waals surface area (Å²) in [4.78, 5) is 37.2. The van der Waals surface area contributed by atoms with Crippen LogP contribution in [0.25, 0.3) is 0 Å². The number of carboxylic acids is 1. The number of carbonyl (C=O) groups excluding carboxylic acids is 2. The zero-order valence-corrected chi connectivity index (χ0v) is 18.7. The van der Waals surface area contributed by atoms with E-state index in [1.165, 1.54) is 0 Å². The number of ketones is 2. The molecule has 6 atom stereocenters. The maximum absolute atomic E-state index is 13.1. The molecule has 0 aromatic rings. The molecule has 6 nitrogen and oxygen atoms in total. The van der Waals surface area contributed by atoms with Gasteiger partial charge < -0.3 is 15.3 Å². The van der Waals surface area contributed by atoms with Gasteiger partial charge in [0.1, 0.15) is 5.78 Å². The van der Waals surface area contributed by atoms with E-state index in [1.807, 2.05) is 6.92 Å². The molecule has 6 heteroatoms. The van der Waals surface area contributed by atoms with Crippen molar-refractivity contribution in [2.75, 3.05) is 0 Å². The molecule has 0 amide bonds. The summed E-state index contributed by atoms with van der Waals surface area (Å²) in [6, 6.07) is 0. The summed E-state index contributed by atoms with van der Waals surface area (Å²) in [7, 11) is 0. The lowest BCUT2D eigenvalue weighted by Gasteiger charge is -2.59. The van der Waals surface area contributed by atoms with Crippen LogP contribution in [-0.2, 0) is 14.4 Å². The molecule has 3 fully saturated rings. The van der Waals surface area contributed by atoms with Crippen LogP contribution < -0.4 is 0 Å². The van der Waals surface area contributed by atoms with Crippen molar-refractivity contribution < 1.29 is 29.7 Å². The van der Waals surface area contributed by atoms with Crippen LogP contribution in [0.1, 0.15) is 78.6 Å². The Hall–Kier alpha value is -2.11. The Labute approximate surface area is 183 Å². The van der Waals surface area contributed by atoms with Crippen molar-refractivity contribution >= 4 is 17.5 Å². The van der Waals surface area contributed by atoms with E-state index in [0.29, 0.717) is 25.2 Å². The molecule has 0 saturated heterocycles. The Morgan fingerprint density at radius 2 is 1.77 bits per heavy atom. The van der Waals surface area contributed by atoms with E-state index in [1.54, 1.807) is 13.0 Å². The molecule has 0 aromatic heterocycles. The standard InChI is InChI=1S/C25H34O6/c1-14(26)25(10-4-5-20(28)29)12-9-17-16-7-6-15-13-19(27)21(30)22(31)24(15,3)18(16)8-11-23(17,25)2/h13,16-18,27,30H,4-12H2,1-3H3,(H,28,29)/t16-,17-,18-,23-,24-,25+/m0/s1. The smallest absolute Gasteiger partial charge is 0.303 e. The number of carboxylic acid groups (broad SMARTS) is 1. The molecular formula is C25H34O6. The highest BCUT2D eigenvalue weighted by Gasteiger charge is 2.66. The van der Waals surface area contributed by atoms with Crippen molar-refractivity contribution in [3.05, 3.63) is 23.2 Å². The molecule has 0 radical (unpaired) electrons. The van der Waals surface area contributed by atoms with Crippen LogP contribution in [0.4, 0.5) is 0 Å². The van der Waals surface area contributed by atoms with E-state index < -0.39 is 22.6 Å². The van der Waals surface area contributed by atoms with Gasteiger partial charge in [-0.15, -0.1) is 0 Å². The van der Waals surface area contributed by atoms with E-state index in [-0.39, 0.29) is 41.0 Å². The van der Waals surface area contributed by atoms with Gasteiger partial charge in [0.2, 0.25) is 11.5 Å². The van der Waals surface area contributed by atoms with Gasteiger partial charge in [0.05, 0.1) is 5.41 Å². The Kier molecular flexibility index (Phi) is 5.14. The fourth-order valence-electron chi connectivity index (χ4n) is 8.20. The number of allylic oxidation sites excluding steroid dienone is 3. The number of carbonyl (C=O) groups is 3. The molecule has 0 heterocycles. The SMILES string of the molecule is CC(=O)[C@@]1(CCCC(=O)O)CC[C@H]2[C@@H]3CCC4=CC(O)=C(O)C(=O)[C@]4(C)[C@H]3CC[C@@]21C. The molecule has 4 aliphatic carbocycles. The minimum atomic E-state index is -0.825. The number of Topliss-reactive ketones (excluding diaryl/α,β-unsaturated/α-hetero) is 2. The van der Waals surface area contributed by atoms with Crippen LogP contribution in [0, 0.1) is 34.0 Å². The average Bonchev–Trinajstić information content (AvgIpc) is 3.01. The van der Waals surface area contributed by atoms with Gasteiger partial charge in [0.15, 0.2) is 5.76 Å². The van der Waals surface area contributed by atoms with Gasteiger partial charge in [-0.25, -0.2) is 0 Å².